The van der Waals surface area contributed by atoms with E-state index in [1.165, 1.54) is 11.3 Å². The van der Waals surface area contributed by atoms with Gasteiger partial charge in [0.05, 0.1) is 13.7 Å². The van der Waals surface area contributed by atoms with E-state index in [0.29, 0.717) is 21.7 Å². The van der Waals surface area contributed by atoms with Crippen LogP contribution >= 0.6 is 11.3 Å². The number of nitrogens with zero attached hydrogens (tertiary/aromatic N) is 1. The Morgan fingerprint density at radius 2 is 1.69 bits per heavy atom. The molecule has 0 bridgehead atoms. The first kappa shape index (κ1) is 21.4. The number of esters is 1. The monoisotopic (exact) mass is 446 g/mol. The lowest BCUT2D eigenvalue weighted by Gasteiger charge is -2.10. The van der Waals surface area contributed by atoms with Crippen LogP contribution in [0.2, 0.25) is 0 Å². The third-order valence-corrected chi connectivity index (χ3v) is 5.83. The van der Waals surface area contributed by atoms with Gasteiger partial charge in [-0.25, -0.2) is 4.79 Å². The second-order valence-electron chi connectivity index (χ2n) is 6.89. The zero-order chi connectivity index (χ0) is 22.5. The quantitative estimate of drug-likeness (QED) is 0.373. The summed E-state index contributed by atoms with van der Waals surface area (Å²) in [5.41, 5.74) is 3.34. The summed E-state index contributed by atoms with van der Waals surface area (Å²) in [6, 6.07) is 18.5. The zero-order valence-corrected chi connectivity index (χ0v) is 18.5. The van der Waals surface area contributed by atoms with E-state index in [1.54, 1.807) is 26.2 Å². The Labute approximate surface area is 190 Å². The van der Waals surface area contributed by atoms with Crippen LogP contribution in [-0.4, -0.2) is 30.2 Å². The summed E-state index contributed by atoms with van der Waals surface area (Å²) >= 11 is 1.29. The fourth-order valence-corrected chi connectivity index (χ4v) is 4.26. The summed E-state index contributed by atoms with van der Waals surface area (Å²) in [5.74, 6) is -0.0471. The number of anilines is 1. The summed E-state index contributed by atoms with van der Waals surface area (Å²) in [4.78, 5) is 25.6. The van der Waals surface area contributed by atoms with Crippen LogP contribution in [0.25, 0.3) is 16.8 Å². The Kier molecular flexibility index (Phi) is 6.37. The van der Waals surface area contributed by atoms with Gasteiger partial charge in [-0.05, 0) is 61.0 Å². The summed E-state index contributed by atoms with van der Waals surface area (Å²) in [7, 11) is 1.60. The van der Waals surface area contributed by atoms with Crippen molar-refractivity contribution in [2.75, 3.05) is 19.0 Å². The lowest BCUT2D eigenvalue weighted by atomic mass is 10.0. The van der Waals surface area contributed by atoms with Gasteiger partial charge in [0.25, 0.3) is 5.91 Å². The Hall–Kier alpha value is -3.84. The molecule has 32 heavy (non-hydrogen) atoms. The minimum Gasteiger partial charge on any atom is -0.497 e. The van der Waals surface area contributed by atoms with E-state index in [2.05, 4.69) is 5.32 Å². The van der Waals surface area contributed by atoms with E-state index in [4.69, 9.17) is 9.47 Å². The molecule has 6 nitrogen and oxygen atoms in total. The molecule has 1 amide bonds. The van der Waals surface area contributed by atoms with Crippen LogP contribution in [0.15, 0.2) is 78.4 Å². The van der Waals surface area contributed by atoms with Crippen LogP contribution in [-0.2, 0) is 4.74 Å². The highest BCUT2D eigenvalue weighted by molar-refractivity contribution is 7.15. The van der Waals surface area contributed by atoms with Crippen molar-refractivity contribution in [2.24, 2.45) is 0 Å². The maximum absolute atomic E-state index is 12.9. The van der Waals surface area contributed by atoms with Crippen molar-refractivity contribution in [3.63, 3.8) is 0 Å². The van der Waals surface area contributed by atoms with Crippen molar-refractivity contribution in [1.29, 1.82) is 0 Å². The fraction of sp³-hybridized carbons (Fsp3) is 0.120. The second-order valence-corrected chi connectivity index (χ2v) is 7.77. The predicted molar refractivity (Wildman–Crippen MR) is 126 cm³/mol. The van der Waals surface area contributed by atoms with Crippen molar-refractivity contribution in [3.05, 3.63) is 89.6 Å². The van der Waals surface area contributed by atoms with Crippen molar-refractivity contribution < 1.29 is 19.1 Å². The molecule has 0 fully saturated rings. The molecule has 0 unspecified atom stereocenters. The molecule has 0 saturated carbocycles. The van der Waals surface area contributed by atoms with Gasteiger partial charge in [0, 0.05) is 34.6 Å². The average Bonchev–Trinajstić information content (AvgIpc) is 3.50. The molecule has 2 heterocycles. The van der Waals surface area contributed by atoms with E-state index in [0.717, 1.165) is 17.0 Å². The van der Waals surface area contributed by atoms with Crippen molar-refractivity contribution in [2.45, 2.75) is 6.92 Å². The lowest BCUT2D eigenvalue weighted by molar-refractivity contribution is 0.0529. The smallest absolute Gasteiger partial charge is 0.341 e. The first-order valence-corrected chi connectivity index (χ1v) is 11.0. The summed E-state index contributed by atoms with van der Waals surface area (Å²) in [6.45, 7) is 1.99. The molecular formula is C25H22N2O4S. The molecule has 162 valence electrons. The number of carbonyl (C=O) groups excluding carboxylic acids is 2. The molecule has 4 aromatic rings. The molecule has 0 spiro atoms. The molecule has 0 aliphatic rings. The number of rotatable bonds is 7. The highest BCUT2D eigenvalue weighted by Gasteiger charge is 2.23. The number of hydrogen-bond acceptors (Lipinski definition) is 5. The number of methoxy groups -OCH3 is 1. The Balaban J connectivity index is 1.61. The number of amides is 1. The Morgan fingerprint density at radius 1 is 1.00 bits per heavy atom. The average molecular weight is 447 g/mol. The molecule has 4 rings (SSSR count). The van der Waals surface area contributed by atoms with Gasteiger partial charge in [-0.1, -0.05) is 12.1 Å². The van der Waals surface area contributed by atoms with Crippen LogP contribution in [0.1, 0.15) is 27.6 Å². The van der Waals surface area contributed by atoms with Crippen LogP contribution in [0.4, 0.5) is 5.00 Å². The number of nitrogens with one attached hydrogen (secondary N) is 1. The maximum Gasteiger partial charge on any atom is 0.341 e. The van der Waals surface area contributed by atoms with Gasteiger partial charge in [0.2, 0.25) is 0 Å². The lowest BCUT2D eigenvalue weighted by Crippen LogP contribution is -2.15. The van der Waals surface area contributed by atoms with Gasteiger partial charge in [0.15, 0.2) is 0 Å². The Bertz CT molecular complexity index is 1210. The molecule has 0 saturated heterocycles. The molecule has 0 atom stereocenters. The van der Waals surface area contributed by atoms with Gasteiger partial charge in [-0.3, -0.25) is 4.79 Å². The molecule has 7 heteroatoms. The number of aromatic nitrogens is 1. The summed E-state index contributed by atoms with van der Waals surface area (Å²) in [5, 5.41) is 5.18. The van der Waals surface area contributed by atoms with E-state index in [9.17, 15) is 9.59 Å². The number of benzene rings is 2. The molecule has 0 aliphatic heterocycles. The third-order valence-electron chi connectivity index (χ3n) is 4.93. The number of hydrogen-bond donors (Lipinski definition) is 1. The van der Waals surface area contributed by atoms with Crippen LogP contribution in [0.3, 0.4) is 0 Å². The van der Waals surface area contributed by atoms with Crippen molar-refractivity contribution >= 4 is 28.2 Å². The predicted octanol–water partition coefficient (Wildman–Crippen LogP) is 5.64. The number of ether oxygens (including phenoxy) is 2. The highest BCUT2D eigenvalue weighted by Crippen LogP contribution is 2.37. The van der Waals surface area contributed by atoms with Crippen LogP contribution in [0, 0.1) is 0 Å². The molecule has 2 aromatic heterocycles. The van der Waals surface area contributed by atoms with Crippen molar-refractivity contribution in [1.82, 2.24) is 4.57 Å². The number of thiophene rings is 1. The van der Waals surface area contributed by atoms with Crippen molar-refractivity contribution in [3.8, 4) is 22.6 Å². The first-order chi connectivity index (χ1) is 15.6. The first-order valence-electron chi connectivity index (χ1n) is 10.1. The highest BCUT2D eigenvalue weighted by atomic mass is 32.1. The van der Waals surface area contributed by atoms with E-state index in [-0.39, 0.29) is 12.5 Å². The topological polar surface area (TPSA) is 69.6 Å². The second kappa shape index (κ2) is 9.53. The molecular weight excluding hydrogens is 424 g/mol. The van der Waals surface area contributed by atoms with E-state index in [1.807, 2.05) is 70.9 Å². The standard InChI is InChI=1S/C25H22N2O4S/c1-3-31-25(29)22-21(17-8-12-20(30-2)13-9-17)16-32-24(22)26-23(28)18-6-10-19(11-7-18)27-14-4-5-15-27/h4-16H,3H2,1-2H3,(H,26,28). The van der Waals surface area contributed by atoms with Gasteiger partial charge < -0.3 is 19.4 Å². The zero-order valence-electron chi connectivity index (χ0n) is 17.7. The van der Waals surface area contributed by atoms with E-state index < -0.39 is 5.97 Å². The normalized spacial score (nSPS) is 10.6. The van der Waals surface area contributed by atoms with Crippen LogP contribution in [0.5, 0.6) is 5.75 Å². The largest absolute Gasteiger partial charge is 0.497 e. The van der Waals surface area contributed by atoms with Gasteiger partial charge >= 0.3 is 5.97 Å². The number of carbonyl (C=O) groups is 2. The molecule has 1 N–H and O–H groups in total. The summed E-state index contributed by atoms with van der Waals surface area (Å²) < 4.78 is 12.4. The Morgan fingerprint density at radius 3 is 2.31 bits per heavy atom. The summed E-state index contributed by atoms with van der Waals surface area (Å²) in [6.07, 6.45) is 3.88. The molecule has 0 aliphatic carbocycles. The van der Waals surface area contributed by atoms with Crippen LogP contribution < -0.4 is 10.1 Å². The van der Waals surface area contributed by atoms with Gasteiger partial charge in [-0.2, -0.15) is 0 Å². The molecule has 2 aromatic carbocycles. The van der Waals surface area contributed by atoms with E-state index >= 15 is 0 Å². The van der Waals surface area contributed by atoms with Gasteiger partial charge in [0.1, 0.15) is 16.3 Å². The minimum atomic E-state index is -0.474. The minimum absolute atomic E-state index is 0.241. The SMILES string of the molecule is CCOC(=O)c1c(-c2ccc(OC)cc2)csc1NC(=O)c1ccc(-n2cccc2)cc1. The third kappa shape index (κ3) is 4.43. The van der Waals surface area contributed by atoms with Gasteiger partial charge in [-0.15, -0.1) is 11.3 Å². The fourth-order valence-electron chi connectivity index (χ4n) is 3.31. The maximum atomic E-state index is 12.9. The molecule has 0 radical (unpaired) electrons.